The summed E-state index contributed by atoms with van der Waals surface area (Å²) in [6, 6.07) is 16.1. The van der Waals surface area contributed by atoms with Crippen LogP contribution in [0.2, 0.25) is 0 Å². The van der Waals surface area contributed by atoms with Gasteiger partial charge in [-0.05, 0) is 42.8 Å². The van der Waals surface area contributed by atoms with E-state index in [1.807, 2.05) is 73.8 Å². The number of nitrogens with zero attached hydrogens (tertiary/aromatic N) is 2. The van der Waals surface area contributed by atoms with Crippen molar-refractivity contribution in [1.82, 2.24) is 10.3 Å². The SMILES string of the molecule is Cc1cccc(C)c1N=C1NC(=O)/C(=C/c2nc(-c3ccccc3)cs2)S1. The van der Waals surface area contributed by atoms with Crippen molar-refractivity contribution in [3.05, 3.63) is 75.0 Å². The van der Waals surface area contributed by atoms with E-state index in [0.29, 0.717) is 10.1 Å². The first kappa shape index (κ1) is 17.7. The van der Waals surface area contributed by atoms with Crippen LogP contribution in [0, 0.1) is 13.8 Å². The summed E-state index contributed by atoms with van der Waals surface area (Å²) < 4.78 is 0. The number of thiazole rings is 1. The Hall–Kier alpha value is -2.70. The Kier molecular flexibility index (Phi) is 4.92. The average molecular weight is 392 g/mol. The van der Waals surface area contributed by atoms with Crippen molar-refractivity contribution in [3.63, 3.8) is 0 Å². The number of hydrogen-bond acceptors (Lipinski definition) is 5. The third-order valence-electron chi connectivity index (χ3n) is 4.15. The van der Waals surface area contributed by atoms with Gasteiger partial charge in [0.2, 0.25) is 0 Å². The third kappa shape index (κ3) is 3.86. The van der Waals surface area contributed by atoms with E-state index in [1.165, 1.54) is 23.1 Å². The van der Waals surface area contributed by atoms with Gasteiger partial charge >= 0.3 is 0 Å². The molecule has 0 aliphatic carbocycles. The molecule has 2 heterocycles. The molecular formula is C21H17N3OS2. The van der Waals surface area contributed by atoms with E-state index in [-0.39, 0.29) is 5.91 Å². The Morgan fingerprint density at radius 3 is 2.52 bits per heavy atom. The first-order chi connectivity index (χ1) is 13.1. The molecule has 1 amide bonds. The van der Waals surface area contributed by atoms with Crippen LogP contribution in [0.25, 0.3) is 17.3 Å². The van der Waals surface area contributed by atoms with Crippen LogP contribution in [0.5, 0.6) is 0 Å². The summed E-state index contributed by atoms with van der Waals surface area (Å²) >= 11 is 2.87. The summed E-state index contributed by atoms with van der Waals surface area (Å²) in [5, 5.41) is 6.26. The number of amides is 1. The lowest BCUT2D eigenvalue weighted by Crippen LogP contribution is -2.19. The number of amidine groups is 1. The fraction of sp³-hybridized carbons (Fsp3) is 0.0952. The second-order valence-electron chi connectivity index (χ2n) is 6.16. The molecule has 0 atom stereocenters. The number of aliphatic imine (C=N–C) groups is 1. The minimum Gasteiger partial charge on any atom is -0.300 e. The van der Waals surface area contributed by atoms with E-state index in [4.69, 9.17) is 0 Å². The zero-order chi connectivity index (χ0) is 18.8. The first-order valence-electron chi connectivity index (χ1n) is 8.47. The van der Waals surface area contributed by atoms with Gasteiger partial charge in [0, 0.05) is 10.9 Å². The zero-order valence-corrected chi connectivity index (χ0v) is 16.5. The minimum absolute atomic E-state index is 0.138. The Balaban J connectivity index is 1.58. The fourth-order valence-electron chi connectivity index (χ4n) is 2.77. The predicted octanol–water partition coefficient (Wildman–Crippen LogP) is 5.32. The lowest BCUT2D eigenvalue weighted by molar-refractivity contribution is -0.115. The van der Waals surface area contributed by atoms with Gasteiger partial charge in [-0.1, -0.05) is 48.5 Å². The lowest BCUT2D eigenvalue weighted by Gasteiger charge is -2.04. The first-order valence-corrected chi connectivity index (χ1v) is 10.2. The van der Waals surface area contributed by atoms with E-state index in [0.717, 1.165) is 33.1 Å². The van der Waals surface area contributed by atoms with Gasteiger partial charge in [-0.25, -0.2) is 9.98 Å². The molecule has 27 heavy (non-hydrogen) atoms. The highest BCUT2D eigenvalue weighted by Gasteiger charge is 2.24. The summed E-state index contributed by atoms with van der Waals surface area (Å²) in [5.74, 6) is -0.138. The van der Waals surface area contributed by atoms with E-state index in [9.17, 15) is 4.79 Å². The molecule has 0 radical (unpaired) electrons. The summed E-state index contributed by atoms with van der Waals surface area (Å²) in [6.45, 7) is 4.04. The van der Waals surface area contributed by atoms with Crippen molar-refractivity contribution in [2.45, 2.75) is 13.8 Å². The highest BCUT2D eigenvalue weighted by atomic mass is 32.2. The molecule has 1 saturated heterocycles. The summed E-state index contributed by atoms with van der Waals surface area (Å²) in [7, 11) is 0. The van der Waals surface area contributed by atoms with E-state index >= 15 is 0 Å². The van der Waals surface area contributed by atoms with Crippen molar-refractivity contribution in [3.8, 4) is 11.3 Å². The number of carbonyl (C=O) groups is 1. The van der Waals surface area contributed by atoms with Crippen LogP contribution in [0.4, 0.5) is 5.69 Å². The maximum Gasteiger partial charge on any atom is 0.264 e. The van der Waals surface area contributed by atoms with Crippen molar-refractivity contribution < 1.29 is 4.79 Å². The van der Waals surface area contributed by atoms with Crippen molar-refractivity contribution >= 4 is 45.9 Å². The largest absolute Gasteiger partial charge is 0.300 e. The standard InChI is InChI=1S/C21H17N3OS2/c1-13-7-6-8-14(2)19(13)23-21-24-20(25)17(27-21)11-18-22-16(12-26-18)15-9-4-3-5-10-15/h3-12H,1-2H3,(H,23,24,25)/b17-11-. The van der Waals surface area contributed by atoms with Crippen LogP contribution in [-0.4, -0.2) is 16.1 Å². The minimum atomic E-state index is -0.138. The number of rotatable bonds is 3. The third-order valence-corrected chi connectivity index (χ3v) is 5.85. The molecule has 0 saturated carbocycles. The van der Waals surface area contributed by atoms with Crippen LogP contribution < -0.4 is 5.32 Å². The highest BCUT2D eigenvalue weighted by molar-refractivity contribution is 8.18. The Labute approximate surface area is 166 Å². The number of aromatic nitrogens is 1. The topological polar surface area (TPSA) is 54.4 Å². The van der Waals surface area contributed by atoms with Crippen LogP contribution in [0.3, 0.4) is 0 Å². The second kappa shape index (κ2) is 7.50. The summed E-state index contributed by atoms with van der Waals surface area (Å²) in [5.41, 5.74) is 5.06. The fourth-order valence-corrected chi connectivity index (χ4v) is 4.41. The molecule has 1 N–H and O–H groups in total. The Morgan fingerprint density at radius 1 is 1.04 bits per heavy atom. The molecule has 0 bridgehead atoms. The summed E-state index contributed by atoms with van der Waals surface area (Å²) in [4.78, 5) is 22.2. The molecule has 1 fully saturated rings. The van der Waals surface area contributed by atoms with Crippen LogP contribution in [-0.2, 0) is 4.79 Å². The van der Waals surface area contributed by atoms with E-state index < -0.39 is 0 Å². The molecule has 1 aliphatic heterocycles. The number of thioether (sulfide) groups is 1. The summed E-state index contributed by atoms with van der Waals surface area (Å²) in [6.07, 6.45) is 1.82. The van der Waals surface area contributed by atoms with E-state index in [1.54, 1.807) is 0 Å². The van der Waals surface area contributed by atoms with Gasteiger partial charge < -0.3 is 5.32 Å². The predicted molar refractivity (Wildman–Crippen MR) is 114 cm³/mol. The number of para-hydroxylation sites is 1. The molecule has 1 aliphatic rings. The molecular weight excluding hydrogens is 374 g/mol. The maximum absolute atomic E-state index is 12.3. The Bertz CT molecular complexity index is 1050. The molecule has 134 valence electrons. The number of benzene rings is 2. The van der Waals surface area contributed by atoms with Crippen LogP contribution in [0.1, 0.15) is 16.1 Å². The van der Waals surface area contributed by atoms with E-state index in [2.05, 4.69) is 15.3 Å². The number of carbonyl (C=O) groups excluding carboxylic acids is 1. The van der Waals surface area contributed by atoms with Crippen LogP contribution in [0.15, 0.2) is 63.8 Å². The number of aryl methyl sites for hydroxylation is 2. The quantitative estimate of drug-likeness (QED) is 0.615. The molecule has 4 rings (SSSR count). The van der Waals surface area contributed by atoms with Crippen molar-refractivity contribution in [2.24, 2.45) is 4.99 Å². The lowest BCUT2D eigenvalue weighted by atomic mass is 10.1. The zero-order valence-electron chi connectivity index (χ0n) is 14.9. The average Bonchev–Trinajstić information content (AvgIpc) is 3.26. The normalized spacial score (nSPS) is 16.9. The second-order valence-corrected chi connectivity index (χ2v) is 8.08. The number of nitrogens with one attached hydrogen (secondary N) is 1. The monoisotopic (exact) mass is 391 g/mol. The molecule has 3 aromatic rings. The van der Waals surface area contributed by atoms with Gasteiger partial charge in [-0.15, -0.1) is 11.3 Å². The molecule has 0 spiro atoms. The Morgan fingerprint density at radius 2 is 1.78 bits per heavy atom. The molecule has 4 nitrogen and oxygen atoms in total. The van der Waals surface area contributed by atoms with Crippen molar-refractivity contribution in [1.29, 1.82) is 0 Å². The van der Waals surface area contributed by atoms with Gasteiger partial charge in [0.15, 0.2) is 5.17 Å². The molecule has 1 aromatic heterocycles. The molecule has 2 aromatic carbocycles. The highest BCUT2D eigenvalue weighted by Crippen LogP contribution is 2.31. The maximum atomic E-state index is 12.3. The van der Waals surface area contributed by atoms with Crippen molar-refractivity contribution in [2.75, 3.05) is 0 Å². The van der Waals surface area contributed by atoms with Crippen LogP contribution >= 0.6 is 23.1 Å². The van der Waals surface area contributed by atoms with Gasteiger partial charge in [0.25, 0.3) is 5.91 Å². The smallest absolute Gasteiger partial charge is 0.264 e. The number of hydrogen-bond donors (Lipinski definition) is 1. The van der Waals surface area contributed by atoms with Gasteiger partial charge in [-0.2, -0.15) is 0 Å². The van der Waals surface area contributed by atoms with Gasteiger partial charge in [0.1, 0.15) is 5.01 Å². The van der Waals surface area contributed by atoms with Gasteiger partial charge in [0.05, 0.1) is 16.3 Å². The van der Waals surface area contributed by atoms with Gasteiger partial charge in [-0.3, -0.25) is 4.79 Å². The molecule has 0 unspecified atom stereocenters. The molecule has 6 heteroatoms.